The number of likely N-dealkylation sites (tertiary alicyclic amines) is 1. The lowest BCUT2D eigenvalue weighted by Gasteiger charge is -2.35. The number of piperidine rings is 1. The number of carbonyl (C=O) groups excluding carboxylic acids is 1. The second-order valence-corrected chi connectivity index (χ2v) is 6.40. The number of hydrogen-bond acceptors (Lipinski definition) is 5. The van der Waals surface area contributed by atoms with Crippen molar-refractivity contribution in [3.8, 4) is 0 Å². The Morgan fingerprint density at radius 1 is 1.40 bits per heavy atom. The van der Waals surface area contributed by atoms with Crippen LogP contribution < -0.4 is 5.32 Å². The van der Waals surface area contributed by atoms with Crippen LogP contribution in [0.5, 0.6) is 0 Å². The van der Waals surface area contributed by atoms with Gasteiger partial charge in [0, 0.05) is 36.4 Å². The van der Waals surface area contributed by atoms with Crippen molar-refractivity contribution in [3.63, 3.8) is 0 Å². The molecule has 1 unspecified atom stereocenters. The number of hydrogen-bond donors (Lipinski definition) is 1. The van der Waals surface area contributed by atoms with Crippen molar-refractivity contribution in [1.29, 1.82) is 0 Å². The third-order valence-electron chi connectivity index (χ3n) is 4.77. The smallest absolute Gasteiger partial charge is 0.323 e. The maximum atomic E-state index is 13.6. The van der Waals surface area contributed by atoms with Crippen molar-refractivity contribution in [3.05, 3.63) is 36.3 Å². The van der Waals surface area contributed by atoms with E-state index in [4.69, 9.17) is 4.74 Å². The number of benzene rings is 1. The summed E-state index contributed by atoms with van der Waals surface area (Å²) in [7, 11) is 0. The van der Waals surface area contributed by atoms with Crippen LogP contribution in [-0.2, 0) is 9.53 Å². The Bertz CT molecular complexity index is 745. The number of halogens is 1. The zero-order valence-electron chi connectivity index (χ0n) is 14.7. The third kappa shape index (κ3) is 4.07. The molecular weight excluding hydrogens is 321 g/mol. The van der Waals surface area contributed by atoms with Gasteiger partial charge in [0.15, 0.2) is 0 Å². The van der Waals surface area contributed by atoms with Gasteiger partial charge in [-0.15, -0.1) is 0 Å². The molecule has 0 bridgehead atoms. The largest absolute Gasteiger partial charge is 0.465 e. The fourth-order valence-electron chi connectivity index (χ4n) is 3.31. The topological polar surface area (TPSA) is 54.5 Å². The second kappa shape index (κ2) is 7.78. The molecule has 0 amide bonds. The highest BCUT2D eigenvalue weighted by Crippen LogP contribution is 2.25. The van der Waals surface area contributed by atoms with Crippen LogP contribution in [0.1, 0.15) is 26.7 Å². The summed E-state index contributed by atoms with van der Waals surface area (Å²) in [4.78, 5) is 18.3. The molecule has 0 aliphatic carbocycles. The van der Waals surface area contributed by atoms with Crippen LogP contribution in [-0.4, -0.2) is 47.6 Å². The average molecular weight is 345 g/mol. The van der Waals surface area contributed by atoms with E-state index in [1.807, 2.05) is 19.9 Å². The van der Waals surface area contributed by atoms with Gasteiger partial charge in [-0.25, -0.2) is 4.39 Å². The van der Waals surface area contributed by atoms with Gasteiger partial charge in [-0.3, -0.25) is 14.7 Å². The molecule has 1 fully saturated rings. The van der Waals surface area contributed by atoms with Gasteiger partial charge in [-0.2, -0.15) is 0 Å². The van der Waals surface area contributed by atoms with Crippen molar-refractivity contribution in [2.75, 3.05) is 25.0 Å². The molecule has 1 saturated heterocycles. The lowest BCUT2D eigenvalue weighted by molar-refractivity contribution is -0.149. The first-order chi connectivity index (χ1) is 12.1. The third-order valence-corrected chi connectivity index (χ3v) is 4.77. The predicted molar refractivity (Wildman–Crippen MR) is 96.0 cm³/mol. The van der Waals surface area contributed by atoms with E-state index in [-0.39, 0.29) is 17.8 Å². The van der Waals surface area contributed by atoms with E-state index in [1.54, 1.807) is 12.3 Å². The molecule has 6 heteroatoms. The molecule has 0 spiro atoms. The Morgan fingerprint density at radius 2 is 2.16 bits per heavy atom. The molecule has 2 heterocycles. The molecule has 0 radical (unpaired) electrons. The highest BCUT2D eigenvalue weighted by atomic mass is 19.1. The molecular formula is C19H24FN3O2. The molecule has 1 aromatic heterocycles. The van der Waals surface area contributed by atoms with E-state index in [1.165, 1.54) is 12.1 Å². The Morgan fingerprint density at radius 3 is 2.88 bits per heavy atom. The zero-order valence-corrected chi connectivity index (χ0v) is 14.7. The lowest BCUT2D eigenvalue weighted by atomic mass is 10.0. The van der Waals surface area contributed by atoms with Gasteiger partial charge in [-0.1, -0.05) is 0 Å². The standard InChI is InChI=1S/C19H24FN3O2/c1-3-25-19(24)13(2)23-10-7-15(8-11-23)22-18-6-9-21-17-5-4-14(20)12-16(17)18/h4-6,9,12-13,15H,3,7-8,10-11H2,1-2H3,(H,21,22). The summed E-state index contributed by atoms with van der Waals surface area (Å²) >= 11 is 0. The molecule has 25 heavy (non-hydrogen) atoms. The molecule has 2 aromatic rings. The summed E-state index contributed by atoms with van der Waals surface area (Å²) in [6, 6.07) is 6.60. The summed E-state index contributed by atoms with van der Waals surface area (Å²) in [6.45, 7) is 5.78. The highest BCUT2D eigenvalue weighted by Gasteiger charge is 2.27. The SMILES string of the molecule is CCOC(=O)C(C)N1CCC(Nc2ccnc3ccc(F)cc23)CC1. The van der Waals surface area contributed by atoms with Crippen molar-refractivity contribution < 1.29 is 13.9 Å². The molecule has 1 aliphatic rings. The van der Waals surface area contributed by atoms with E-state index in [0.29, 0.717) is 12.6 Å². The number of nitrogens with one attached hydrogen (secondary N) is 1. The van der Waals surface area contributed by atoms with E-state index >= 15 is 0 Å². The maximum Gasteiger partial charge on any atom is 0.323 e. The van der Waals surface area contributed by atoms with Crippen LogP contribution in [0.15, 0.2) is 30.5 Å². The zero-order chi connectivity index (χ0) is 17.8. The summed E-state index contributed by atoms with van der Waals surface area (Å²) in [5.41, 5.74) is 1.68. The minimum atomic E-state index is -0.262. The van der Waals surface area contributed by atoms with Crippen molar-refractivity contribution in [2.24, 2.45) is 0 Å². The van der Waals surface area contributed by atoms with Crippen LogP contribution in [0.2, 0.25) is 0 Å². The van der Waals surface area contributed by atoms with Gasteiger partial charge in [0.2, 0.25) is 0 Å². The molecule has 1 atom stereocenters. The average Bonchev–Trinajstić information content (AvgIpc) is 2.62. The molecule has 1 aliphatic heterocycles. The summed E-state index contributed by atoms with van der Waals surface area (Å²) in [6.07, 6.45) is 3.58. The van der Waals surface area contributed by atoms with E-state index < -0.39 is 0 Å². The van der Waals surface area contributed by atoms with Crippen molar-refractivity contribution in [2.45, 2.75) is 38.8 Å². The number of ether oxygens (including phenoxy) is 1. The Labute approximate surface area is 147 Å². The number of pyridine rings is 1. The molecule has 134 valence electrons. The number of rotatable bonds is 5. The predicted octanol–water partition coefficient (Wildman–Crippen LogP) is 3.20. The van der Waals surface area contributed by atoms with Crippen LogP contribution in [0, 0.1) is 5.82 Å². The Balaban J connectivity index is 1.63. The second-order valence-electron chi connectivity index (χ2n) is 6.40. The number of fused-ring (bicyclic) bond motifs is 1. The van der Waals surface area contributed by atoms with Crippen molar-refractivity contribution in [1.82, 2.24) is 9.88 Å². The lowest BCUT2D eigenvalue weighted by Crippen LogP contribution is -2.47. The maximum absolute atomic E-state index is 13.6. The van der Waals surface area contributed by atoms with Gasteiger partial charge >= 0.3 is 5.97 Å². The molecule has 1 N–H and O–H groups in total. The van der Waals surface area contributed by atoms with Crippen LogP contribution in [0.3, 0.4) is 0 Å². The molecule has 1 aromatic carbocycles. The Hall–Kier alpha value is -2.21. The van der Waals surface area contributed by atoms with Gasteiger partial charge in [0.1, 0.15) is 11.9 Å². The summed E-state index contributed by atoms with van der Waals surface area (Å²) in [5.74, 6) is -0.425. The minimum Gasteiger partial charge on any atom is -0.465 e. The first kappa shape index (κ1) is 17.6. The van der Waals surface area contributed by atoms with Gasteiger partial charge in [-0.05, 0) is 51.0 Å². The summed E-state index contributed by atoms with van der Waals surface area (Å²) < 4.78 is 18.7. The molecule has 0 saturated carbocycles. The fraction of sp³-hybridized carbons (Fsp3) is 0.474. The molecule has 5 nitrogen and oxygen atoms in total. The number of anilines is 1. The Kier molecular flexibility index (Phi) is 5.48. The van der Waals surface area contributed by atoms with Gasteiger partial charge in [0.05, 0.1) is 12.1 Å². The van der Waals surface area contributed by atoms with E-state index in [0.717, 1.165) is 42.5 Å². The van der Waals surface area contributed by atoms with Crippen LogP contribution >= 0.6 is 0 Å². The normalized spacial score (nSPS) is 17.4. The number of esters is 1. The van der Waals surface area contributed by atoms with Crippen LogP contribution in [0.4, 0.5) is 10.1 Å². The minimum absolute atomic E-state index is 0.162. The van der Waals surface area contributed by atoms with Gasteiger partial charge in [0.25, 0.3) is 0 Å². The fourth-order valence-corrected chi connectivity index (χ4v) is 3.31. The number of carbonyl (C=O) groups is 1. The first-order valence-electron chi connectivity index (χ1n) is 8.80. The quantitative estimate of drug-likeness (QED) is 0.844. The van der Waals surface area contributed by atoms with Gasteiger partial charge < -0.3 is 10.1 Å². The number of aromatic nitrogens is 1. The summed E-state index contributed by atoms with van der Waals surface area (Å²) in [5, 5.41) is 4.31. The monoisotopic (exact) mass is 345 g/mol. The molecule has 3 rings (SSSR count). The van der Waals surface area contributed by atoms with Crippen LogP contribution in [0.25, 0.3) is 10.9 Å². The highest BCUT2D eigenvalue weighted by molar-refractivity contribution is 5.91. The van der Waals surface area contributed by atoms with E-state index in [9.17, 15) is 9.18 Å². The number of nitrogens with zero attached hydrogens (tertiary/aromatic N) is 2. The first-order valence-corrected chi connectivity index (χ1v) is 8.80. The van der Waals surface area contributed by atoms with E-state index in [2.05, 4.69) is 15.2 Å². The van der Waals surface area contributed by atoms with Crippen molar-refractivity contribution >= 4 is 22.6 Å².